The van der Waals surface area contributed by atoms with Gasteiger partial charge < -0.3 is 14.9 Å². The molecule has 2 N–H and O–H groups in total. The largest absolute Gasteiger partial charge is 0.393 e. The Labute approximate surface area is 63.8 Å². The maximum absolute atomic E-state index is 12.9. The lowest BCUT2D eigenvalue weighted by Crippen LogP contribution is -2.40. The molecule has 1 saturated heterocycles. The van der Waals surface area contributed by atoms with Gasteiger partial charge in [-0.05, 0) is 0 Å². The van der Waals surface area contributed by atoms with E-state index in [9.17, 15) is 9.50 Å². The van der Waals surface area contributed by atoms with Crippen LogP contribution in [0.1, 0.15) is 6.42 Å². The zero-order valence-corrected chi connectivity index (χ0v) is 6.03. The first-order valence-corrected chi connectivity index (χ1v) is 3.76. The first-order chi connectivity index (χ1) is 5.19. The summed E-state index contributed by atoms with van der Waals surface area (Å²) in [6.07, 6.45) is -1.69. The van der Waals surface area contributed by atoms with Crippen LogP contribution in [0.5, 0.6) is 0 Å². The molecule has 0 spiro atoms. The molecule has 2 aliphatic rings. The van der Waals surface area contributed by atoms with Crippen molar-refractivity contribution >= 4 is 0 Å². The second kappa shape index (κ2) is 2.15. The molecule has 3 nitrogen and oxygen atoms in total. The predicted octanol–water partition coefficient (Wildman–Crippen LogP) is -0.533. The van der Waals surface area contributed by atoms with Gasteiger partial charge >= 0.3 is 0 Å². The highest BCUT2D eigenvalue weighted by Crippen LogP contribution is 2.45. The summed E-state index contributed by atoms with van der Waals surface area (Å²) in [6, 6.07) is 0. The summed E-state index contributed by atoms with van der Waals surface area (Å²) < 4.78 is 18.1. The quantitative estimate of drug-likeness (QED) is 0.544. The monoisotopic (exact) mass is 162 g/mol. The van der Waals surface area contributed by atoms with Crippen LogP contribution in [0.15, 0.2) is 0 Å². The highest BCUT2D eigenvalue weighted by Gasteiger charge is 2.59. The normalized spacial score (nSPS) is 55.4. The standard InChI is InChI=1S/C7H11FO3/c8-5-1-7(3-9)6(10)4(5)2-11-7/h4-6,9-10H,1-3H2/t4-,5+,6-,7+/m0/s1. The molecule has 0 unspecified atom stereocenters. The molecule has 2 rings (SSSR count). The number of hydrogen-bond donors (Lipinski definition) is 2. The van der Waals surface area contributed by atoms with Crippen LogP contribution in [-0.4, -0.2) is 41.3 Å². The summed E-state index contributed by atoms with van der Waals surface area (Å²) in [5.41, 5.74) is -0.982. The van der Waals surface area contributed by atoms with E-state index in [1.54, 1.807) is 0 Å². The van der Waals surface area contributed by atoms with Gasteiger partial charge in [-0.2, -0.15) is 0 Å². The Morgan fingerprint density at radius 3 is 2.64 bits per heavy atom. The van der Waals surface area contributed by atoms with Crippen molar-refractivity contribution in [3.05, 3.63) is 0 Å². The van der Waals surface area contributed by atoms with Gasteiger partial charge in [0.2, 0.25) is 0 Å². The van der Waals surface area contributed by atoms with Gasteiger partial charge in [0.05, 0.1) is 19.3 Å². The van der Waals surface area contributed by atoms with E-state index in [1.165, 1.54) is 0 Å². The lowest BCUT2D eigenvalue weighted by Gasteiger charge is -2.26. The van der Waals surface area contributed by atoms with Gasteiger partial charge in [0.15, 0.2) is 0 Å². The molecular formula is C7H11FO3. The molecule has 0 aromatic heterocycles. The first kappa shape index (κ1) is 7.46. The van der Waals surface area contributed by atoms with Crippen LogP contribution in [0.4, 0.5) is 4.39 Å². The van der Waals surface area contributed by atoms with Crippen molar-refractivity contribution in [2.75, 3.05) is 13.2 Å². The van der Waals surface area contributed by atoms with E-state index < -0.39 is 23.8 Å². The average molecular weight is 162 g/mol. The van der Waals surface area contributed by atoms with E-state index in [2.05, 4.69) is 0 Å². The predicted molar refractivity (Wildman–Crippen MR) is 34.8 cm³/mol. The maximum atomic E-state index is 12.9. The second-order valence-corrected chi connectivity index (χ2v) is 3.36. The molecule has 2 fully saturated rings. The molecule has 1 aliphatic carbocycles. The number of halogens is 1. The van der Waals surface area contributed by atoms with E-state index in [0.29, 0.717) is 0 Å². The topological polar surface area (TPSA) is 49.7 Å². The zero-order chi connectivity index (χ0) is 8.06. The van der Waals surface area contributed by atoms with Crippen LogP contribution in [0, 0.1) is 5.92 Å². The highest BCUT2D eigenvalue weighted by atomic mass is 19.1. The Balaban J connectivity index is 2.24. The van der Waals surface area contributed by atoms with Gasteiger partial charge in [0.1, 0.15) is 11.8 Å². The minimum atomic E-state index is -1.01. The van der Waals surface area contributed by atoms with Crippen molar-refractivity contribution in [2.45, 2.75) is 24.3 Å². The maximum Gasteiger partial charge on any atom is 0.120 e. The SMILES string of the molecule is OC[C@@]12C[C@@H](F)[C@H](CO1)[C@@H]2O. The molecular weight excluding hydrogens is 151 g/mol. The summed E-state index contributed by atoms with van der Waals surface area (Å²) in [6.45, 7) is -0.0476. The van der Waals surface area contributed by atoms with Gasteiger partial charge in [-0.1, -0.05) is 0 Å². The third-order valence-corrected chi connectivity index (χ3v) is 2.78. The van der Waals surface area contributed by atoms with Gasteiger partial charge in [-0.3, -0.25) is 0 Å². The van der Waals surface area contributed by atoms with Crippen molar-refractivity contribution in [2.24, 2.45) is 5.92 Å². The van der Waals surface area contributed by atoms with Gasteiger partial charge in [0, 0.05) is 12.3 Å². The van der Waals surface area contributed by atoms with Crippen LogP contribution < -0.4 is 0 Å². The lowest BCUT2D eigenvalue weighted by atomic mass is 10.0. The average Bonchev–Trinajstić information content (AvgIpc) is 2.42. The van der Waals surface area contributed by atoms with Crippen molar-refractivity contribution in [1.82, 2.24) is 0 Å². The van der Waals surface area contributed by atoms with Crippen molar-refractivity contribution in [3.63, 3.8) is 0 Å². The molecule has 0 radical (unpaired) electrons. The molecule has 1 saturated carbocycles. The van der Waals surface area contributed by atoms with E-state index in [4.69, 9.17) is 9.84 Å². The molecule has 1 aliphatic heterocycles. The number of hydrogen-bond acceptors (Lipinski definition) is 3. The molecule has 2 bridgehead atoms. The highest BCUT2D eigenvalue weighted by molar-refractivity contribution is 5.08. The third-order valence-electron chi connectivity index (χ3n) is 2.78. The van der Waals surface area contributed by atoms with Crippen LogP contribution in [0.3, 0.4) is 0 Å². The Kier molecular flexibility index (Phi) is 1.46. The summed E-state index contributed by atoms with van der Waals surface area (Å²) >= 11 is 0. The molecule has 0 aromatic rings. The summed E-state index contributed by atoms with van der Waals surface area (Å²) in [5, 5.41) is 18.3. The number of ether oxygens (including phenoxy) is 1. The molecule has 0 amide bonds. The smallest absolute Gasteiger partial charge is 0.120 e. The zero-order valence-electron chi connectivity index (χ0n) is 6.03. The minimum Gasteiger partial charge on any atom is -0.393 e. The summed E-state index contributed by atoms with van der Waals surface area (Å²) in [5.74, 6) is -0.415. The van der Waals surface area contributed by atoms with Crippen LogP contribution in [-0.2, 0) is 4.74 Å². The molecule has 4 atom stereocenters. The van der Waals surface area contributed by atoms with Crippen molar-refractivity contribution in [1.29, 1.82) is 0 Å². The van der Waals surface area contributed by atoms with Crippen LogP contribution >= 0.6 is 0 Å². The number of rotatable bonds is 1. The molecule has 4 heteroatoms. The van der Waals surface area contributed by atoms with Gasteiger partial charge in [-0.25, -0.2) is 4.39 Å². The third kappa shape index (κ3) is 0.774. The van der Waals surface area contributed by atoms with E-state index in [1.807, 2.05) is 0 Å². The van der Waals surface area contributed by atoms with Crippen molar-refractivity contribution in [3.8, 4) is 0 Å². The lowest BCUT2D eigenvalue weighted by molar-refractivity contribution is -0.0964. The number of aliphatic hydroxyl groups is 2. The van der Waals surface area contributed by atoms with Crippen LogP contribution in [0.2, 0.25) is 0 Å². The van der Waals surface area contributed by atoms with E-state index in [0.717, 1.165) is 0 Å². The Morgan fingerprint density at radius 1 is 1.64 bits per heavy atom. The fourth-order valence-electron chi connectivity index (χ4n) is 2.00. The Bertz CT molecular complexity index is 175. The van der Waals surface area contributed by atoms with Gasteiger partial charge in [0.25, 0.3) is 0 Å². The first-order valence-electron chi connectivity index (χ1n) is 3.76. The van der Waals surface area contributed by atoms with E-state index in [-0.39, 0.29) is 19.6 Å². The molecule has 1 heterocycles. The Morgan fingerprint density at radius 2 is 2.36 bits per heavy atom. The summed E-state index contributed by atoms with van der Waals surface area (Å²) in [4.78, 5) is 0. The van der Waals surface area contributed by atoms with Crippen molar-refractivity contribution < 1.29 is 19.3 Å². The molecule has 11 heavy (non-hydrogen) atoms. The fraction of sp³-hybridized carbons (Fsp3) is 1.00. The number of fused-ring (bicyclic) bond motifs is 2. The second-order valence-electron chi connectivity index (χ2n) is 3.36. The fourth-order valence-corrected chi connectivity index (χ4v) is 2.00. The Hall–Kier alpha value is -0.190. The van der Waals surface area contributed by atoms with Gasteiger partial charge in [-0.15, -0.1) is 0 Å². The van der Waals surface area contributed by atoms with Crippen LogP contribution in [0.25, 0.3) is 0 Å². The molecule has 0 aromatic carbocycles. The van der Waals surface area contributed by atoms with E-state index >= 15 is 0 Å². The minimum absolute atomic E-state index is 0.134. The number of alkyl halides is 1. The molecule has 64 valence electrons. The summed E-state index contributed by atoms with van der Waals surface area (Å²) in [7, 11) is 0. The number of aliphatic hydroxyl groups excluding tert-OH is 2.